The van der Waals surface area contributed by atoms with Gasteiger partial charge in [0.25, 0.3) is 23.6 Å². The van der Waals surface area contributed by atoms with Crippen molar-refractivity contribution in [2.24, 2.45) is 17.8 Å². The second-order valence-corrected chi connectivity index (χ2v) is 35.9. The molecule has 0 unspecified atom stereocenters. The van der Waals surface area contributed by atoms with Crippen LogP contribution in [0.4, 0.5) is 17.1 Å². The molecule has 702 valence electrons. The molecule has 21 rings (SSSR count). The zero-order valence-electron chi connectivity index (χ0n) is 79.0. The van der Waals surface area contributed by atoms with E-state index in [1.165, 1.54) is 0 Å². The first-order valence-corrected chi connectivity index (χ1v) is 45.5. The Kier molecular flexibility index (Phi) is 25.9. The van der Waals surface area contributed by atoms with Crippen LogP contribution in [0.1, 0.15) is 107 Å². The van der Waals surface area contributed by atoms with Crippen LogP contribution >= 0.6 is 0 Å². The van der Waals surface area contributed by atoms with Gasteiger partial charge in [0.15, 0.2) is 22.6 Å². The highest BCUT2D eigenvalue weighted by atomic mass is 16.2. The van der Waals surface area contributed by atoms with Crippen LogP contribution in [-0.4, -0.2) is 224 Å². The Labute approximate surface area is 800 Å². The molecule has 20 aromatic rings. The van der Waals surface area contributed by atoms with Crippen molar-refractivity contribution < 1.29 is 38.4 Å². The zero-order valence-corrected chi connectivity index (χ0v) is 79.0. The van der Waals surface area contributed by atoms with Gasteiger partial charge in [-0.15, -0.1) is 0 Å². The molecule has 0 bridgehead atoms. The van der Waals surface area contributed by atoms with E-state index in [0.29, 0.717) is 81.2 Å². The van der Waals surface area contributed by atoms with Crippen molar-refractivity contribution >= 4 is 152 Å². The maximum absolute atomic E-state index is 12.7. The van der Waals surface area contributed by atoms with E-state index in [2.05, 4.69) is 117 Å². The first-order chi connectivity index (χ1) is 67.5. The number of aromatic nitrogens is 20. The molecule has 16 heterocycles. The van der Waals surface area contributed by atoms with E-state index in [4.69, 9.17) is 0 Å². The number of amides is 7. The summed E-state index contributed by atoms with van der Waals surface area (Å²) in [4.78, 5) is 154. The fraction of sp³-hybridized carbons (Fsp3) is 0.200. The van der Waals surface area contributed by atoms with E-state index in [0.717, 1.165) is 174 Å². The van der Waals surface area contributed by atoms with Crippen LogP contribution in [-0.2, 0) is 25.6 Å². The number of carbonyl (C=O) groups excluding carboxylic acids is 8. The van der Waals surface area contributed by atoms with Crippen molar-refractivity contribution in [2.75, 3.05) is 72.3 Å². The van der Waals surface area contributed by atoms with Gasteiger partial charge in [-0.1, -0.05) is 65.0 Å². The van der Waals surface area contributed by atoms with Gasteiger partial charge in [0.2, 0.25) is 17.7 Å². The van der Waals surface area contributed by atoms with Gasteiger partial charge < -0.3 is 55.5 Å². The molecular formula is C105H99N27O8. The monoisotopic (exact) mass is 1870 g/mol. The lowest BCUT2D eigenvalue weighted by Gasteiger charge is -2.10. The van der Waals surface area contributed by atoms with Gasteiger partial charge in [-0.3, -0.25) is 78.7 Å². The Hall–Kier alpha value is -17.9. The number of hydrogen-bond acceptors (Lipinski definition) is 20. The quantitative estimate of drug-likeness (QED) is 0.0300. The number of ketones is 1. The summed E-state index contributed by atoms with van der Waals surface area (Å²) in [6, 6.07) is 47.9. The third-order valence-corrected chi connectivity index (χ3v) is 23.9. The zero-order chi connectivity index (χ0) is 98.0. The summed E-state index contributed by atoms with van der Waals surface area (Å²) in [5.74, 6) is 0.140. The molecule has 0 radical (unpaired) electrons. The Morgan fingerprint density at radius 3 is 0.964 bits per heavy atom. The first-order valence-electron chi connectivity index (χ1n) is 45.5. The number of fused-ring (bicyclic) bond motifs is 8. The van der Waals surface area contributed by atoms with Crippen LogP contribution in [0.2, 0.25) is 0 Å². The summed E-state index contributed by atoms with van der Waals surface area (Å²) in [5, 5.41) is 45.2. The SMILES string of the molecule is CC(C)C(=O)Nc1cncc(-c2cnc3n[nH]c(-c4cc5c(C(=O)N(C)C)cccc5[nH]4)c3c2)c1.CC(C)CC(=O)Nc1cncc(-c2cnc3n[nH]c(-c4cc5c(C(=O)N(C)C)cccc5[nH]4)c3c2)c1.CCC(=O)Cc1ccc(-c2cnc3n[nH]c(-c4cc5c(C(=O)N(C)C)cccc5[nH]4)c3c2)cn1.CN(C)C(=O)c1cccc2[nH]c(-c3[nH]nc4ncc(-c5cncc(NC(=O)C6CC6)c5)cc34)cc12. The topological polar surface area (TPSA) is 467 Å². The standard InChI is InChI=1S/C27H27N7O2.C26H23N7O2.C26H25N7O2.C26H24N6O2/c1-15(2)8-24(35)30-18-9-16(12-28-14-18)17-10-21-25(32-33-26(21)29-13-17)23-11-20-19(27(36)34(3)4)6-5-7-22(20)31-23;1-33(2)26(35)18-4-3-5-21-19(18)10-22(30-21)23-20-9-16(12-28-24(20)32-31-23)15-8-17(13-27-11-15)29-25(34)14-6-7-14;1-14(2)25(34)29-17-8-15(11-27-13-17)16-9-20-23(31-32-24(20)28-12-16)22-10-19-18(26(35)33(3)4)6-5-7-21(19)30-22;1-4-18(33)11-17-9-8-15(13-27-17)16-10-21-24(30-31-25(21)28-14-16)23-12-20-19(26(34)32(2)3)6-5-7-22(20)29-23/h5-7,9-15,31H,8H2,1-4H3,(H,30,35)(H,29,32,33);3-5,8-14,30H,6-7H2,1-2H3,(H,29,34)(H,28,31,32);5-14,30H,1-4H3,(H,29,34)(H,28,31,32);5-10,12-14,29H,4,11H2,1-3H3,(H,28,30,31). The van der Waals surface area contributed by atoms with E-state index in [9.17, 15) is 38.4 Å². The number of nitrogens with one attached hydrogen (secondary N) is 11. The Morgan fingerprint density at radius 2 is 0.664 bits per heavy atom. The van der Waals surface area contributed by atoms with E-state index in [1.54, 1.807) is 144 Å². The Bertz CT molecular complexity index is 7990. The number of H-pyrrole nitrogens is 8. The van der Waals surface area contributed by atoms with E-state index >= 15 is 0 Å². The molecular weight excluding hydrogens is 1770 g/mol. The molecule has 1 saturated carbocycles. The van der Waals surface area contributed by atoms with Gasteiger partial charge in [0.05, 0.1) is 81.2 Å². The van der Waals surface area contributed by atoms with Crippen LogP contribution in [0, 0.1) is 17.8 Å². The normalized spacial score (nSPS) is 11.8. The smallest absolute Gasteiger partial charge is 0.254 e. The van der Waals surface area contributed by atoms with Crippen LogP contribution < -0.4 is 16.0 Å². The van der Waals surface area contributed by atoms with Crippen molar-refractivity contribution in [1.29, 1.82) is 0 Å². The number of Topliss-reactive ketones (excluding diaryl/α,β-unsaturated/α-hetero) is 1. The van der Waals surface area contributed by atoms with Crippen molar-refractivity contribution in [3.05, 3.63) is 248 Å². The molecule has 140 heavy (non-hydrogen) atoms. The summed E-state index contributed by atoms with van der Waals surface area (Å²) in [6.07, 6.45) is 22.1. The molecule has 0 saturated heterocycles. The van der Waals surface area contributed by atoms with Crippen LogP contribution in [0.15, 0.2) is 220 Å². The Balaban J connectivity index is 0.000000124. The molecule has 0 spiro atoms. The van der Waals surface area contributed by atoms with E-state index < -0.39 is 0 Å². The first kappa shape index (κ1) is 92.5. The number of nitrogens with zero attached hydrogens (tertiary/aromatic N) is 16. The van der Waals surface area contributed by atoms with E-state index in [-0.39, 0.29) is 64.9 Å². The van der Waals surface area contributed by atoms with Crippen LogP contribution in [0.5, 0.6) is 0 Å². The molecule has 0 atom stereocenters. The summed E-state index contributed by atoms with van der Waals surface area (Å²) in [6.45, 7) is 9.55. The third-order valence-electron chi connectivity index (χ3n) is 23.9. The van der Waals surface area contributed by atoms with E-state index in [1.807, 2.05) is 186 Å². The highest BCUT2D eigenvalue weighted by Crippen LogP contribution is 2.40. The maximum atomic E-state index is 12.7. The molecule has 1 fully saturated rings. The maximum Gasteiger partial charge on any atom is 0.254 e. The van der Waals surface area contributed by atoms with Gasteiger partial charge >= 0.3 is 0 Å². The van der Waals surface area contributed by atoms with Gasteiger partial charge in [-0.2, -0.15) is 20.4 Å². The van der Waals surface area contributed by atoms with Crippen molar-refractivity contribution in [3.63, 3.8) is 0 Å². The minimum atomic E-state index is -0.130. The highest BCUT2D eigenvalue weighted by Gasteiger charge is 2.31. The fourth-order valence-electron chi connectivity index (χ4n) is 16.4. The second kappa shape index (κ2) is 39.2. The third kappa shape index (κ3) is 19.6. The number of aromatic amines is 8. The minimum Gasteiger partial charge on any atom is -0.353 e. The Morgan fingerprint density at radius 1 is 0.350 bits per heavy atom. The van der Waals surface area contributed by atoms with Crippen molar-refractivity contribution in [3.8, 4) is 90.1 Å². The number of anilines is 3. The average molecular weight is 1870 g/mol. The van der Waals surface area contributed by atoms with Gasteiger partial charge in [-0.25, -0.2) is 19.9 Å². The summed E-state index contributed by atoms with van der Waals surface area (Å²) in [7, 11) is 13.9. The van der Waals surface area contributed by atoms with Gasteiger partial charge in [0.1, 0.15) is 5.78 Å². The molecule has 7 amide bonds. The summed E-state index contributed by atoms with van der Waals surface area (Å²) in [5.41, 5.74) is 24.2. The molecule has 1 aliphatic rings. The van der Waals surface area contributed by atoms with Crippen molar-refractivity contribution in [1.82, 2.24) is 120 Å². The average Bonchev–Trinajstić information content (AvgIpc) is 1.63. The number of benzene rings is 4. The van der Waals surface area contributed by atoms with Crippen LogP contribution in [0.3, 0.4) is 0 Å². The van der Waals surface area contributed by atoms with Gasteiger partial charge in [0, 0.05) is 275 Å². The number of rotatable bonds is 22. The number of pyridine rings is 8. The highest BCUT2D eigenvalue weighted by molar-refractivity contribution is 6.13. The lowest BCUT2D eigenvalue weighted by atomic mass is 10.1. The molecule has 0 aliphatic heterocycles. The lowest BCUT2D eigenvalue weighted by Crippen LogP contribution is -2.21. The van der Waals surface area contributed by atoms with Crippen LogP contribution in [0.25, 0.3) is 178 Å². The number of hydrogen-bond donors (Lipinski definition) is 11. The molecule has 4 aromatic carbocycles. The molecule has 16 aromatic heterocycles. The van der Waals surface area contributed by atoms with Gasteiger partial charge in [-0.05, 0) is 140 Å². The second-order valence-electron chi connectivity index (χ2n) is 35.9. The molecule has 11 N–H and O–H groups in total. The summed E-state index contributed by atoms with van der Waals surface area (Å²) >= 11 is 0. The molecule has 35 heteroatoms. The predicted molar refractivity (Wildman–Crippen MR) is 542 cm³/mol. The van der Waals surface area contributed by atoms with Crippen molar-refractivity contribution in [2.45, 2.75) is 66.7 Å². The lowest BCUT2D eigenvalue weighted by molar-refractivity contribution is -0.119. The molecule has 1 aliphatic carbocycles. The molecule has 35 nitrogen and oxygen atoms in total. The fourth-order valence-corrected chi connectivity index (χ4v) is 16.4. The largest absolute Gasteiger partial charge is 0.353 e. The number of carbonyl (C=O) groups is 8. The minimum absolute atomic E-state index is 0.0411. The summed E-state index contributed by atoms with van der Waals surface area (Å²) < 4.78 is 0. The predicted octanol–water partition coefficient (Wildman–Crippen LogP) is 17.9.